The molecular formula is C11H14N4O2. The number of pyridine rings is 1. The number of nitrogens with two attached hydrogens (primary N) is 1. The number of aromatic nitrogens is 3. The average Bonchev–Trinajstić information content (AvgIpc) is 2.86. The Kier molecular flexibility index (Phi) is 2.27. The SMILES string of the molecule is Nc1nccc2c1ncn2[C@@H]1CC[C@H](O)[C@@H]1O. The molecule has 6 heteroatoms. The van der Waals surface area contributed by atoms with Crippen LogP contribution in [0.25, 0.3) is 11.0 Å². The van der Waals surface area contributed by atoms with Crippen LogP contribution in [0.2, 0.25) is 0 Å². The smallest absolute Gasteiger partial charge is 0.151 e. The summed E-state index contributed by atoms with van der Waals surface area (Å²) < 4.78 is 1.87. The number of fused-ring (bicyclic) bond motifs is 1. The van der Waals surface area contributed by atoms with Crippen molar-refractivity contribution >= 4 is 16.9 Å². The lowest BCUT2D eigenvalue weighted by atomic mass is 10.2. The first-order chi connectivity index (χ1) is 8.18. The predicted octanol–water partition coefficient (Wildman–Crippen LogP) is 0.0702. The van der Waals surface area contributed by atoms with Crippen molar-refractivity contribution in [3.63, 3.8) is 0 Å². The largest absolute Gasteiger partial charge is 0.390 e. The molecule has 17 heavy (non-hydrogen) atoms. The monoisotopic (exact) mass is 234 g/mol. The maximum absolute atomic E-state index is 9.91. The molecule has 2 aromatic rings. The molecule has 2 aromatic heterocycles. The van der Waals surface area contributed by atoms with Gasteiger partial charge < -0.3 is 20.5 Å². The van der Waals surface area contributed by atoms with E-state index < -0.39 is 12.2 Å². The number of rotatable bonds is 1. The third-order valence-electron chi connectivity index (χ3n) is 3.42. The highest BCUT2D eigenvalue weighted by Crippen LogP contribution is 2.33. The van der Waals surface area contributed by atoms with Crippen molar-refractivity contribution < 1.29 is 10.2 Å². The van der Waals surface area contributed by atoms with E-state index in [2.05, 4.69) is 9.97 Å². The quantitative estimate of drug-likeness (QED) is 0.648. The highest BCUT2D eigenvalue weighted by molar-refractivity contribution is 5.84. The van der Waals surface area contributed by atoms with Crippen molar-refractivity contribution in [2.24, 2.45) is 0 Å². The van der Waals surface area contributed by atoms with Crippen molar-refractivity contribution in [3.05, 3.63) is 18.6 Å². The lowest BCUT2D eigenvalue weighted by Crippen LogP contribution is -2.26. The summed E-state index contributed by atoms with van der Waals surface area (Å²) in [6, 6.07) is 1.67. The molecule has 0 bridgehead atoms. The zero-order valence-corrected chi connectivity index (χ0v) is 9.19. The number of aliphatic hydroxyl groups is 2. The van der Waals surface area contributed by atoms with Gasteiger partial charge in [-0.15, -0.1) is 0 Å². The van der Waals surface area contributed by atoms with E-state index in [9.17, 15) is 10.2 Å². The molecule has 0 amide bonds. The van der Waals surface area contributed by atoms with Gasteiger partial charge in [-0.2, -0.15) is 0 Å². The summed E-state index contributed by atoms with van der Waals surface area (Å²) in [6.45, 7) is 0. The van der Waals surface area contributed by atoms with Gasteiger partial charge in [-0.05, 0) is 18.9 Å². The van der Waals surface area contributed by atoms with E-state index >= 15 is 0 Å². The Hall–Kier alpha value is -1.66. The van der Waals surface area contributed by atoms with E-state index in [1.54, 1.807) is 12.5 Å². The van der Waals surface area contributed by atoms with Gasteiger partial charge >= 0.3 is 0 Å². The van der Waals surface area contributed by atoms with Gasteiger partial charge in [-0.1, -0.05) is 0 Å². The minimum Gasteiger partial charge on any atom is -0.390 e. The van der Waals surface area contributed by atoms with E-state index in [4.69, 9.17) is 5.73 Å². The number of nitrogens with zero attached hydrogens (tertiary/aromatic N) is 3. The molecule has 3 rings (SSSR count). The highest BCUT2D eigenvalue weighted by atomic mass is 16.3. The van der Waals surface area contributed by atoms with Crippen LogP contribution in [0.3, 0.4) is 0 Å². The number of anilines is 1. The Bertz CT molecular complexity index is 553. The van der Waals surface area contributed by atoms with Crippen molar-refractivity contribution in [3.8, 4) is 0 Å². The maximum atomic E-state index is 9.91. The number of aliphatic hydroxyl groups excluding tert-OH is 2. The maximum Gasteiger partial charge on any atom is 0.151 e. The van der Waals surface area contributed by atoms with Crippen LogP contribution in [0.1, 0.15) is 18.9 Å². The van der Waals surface area contributed by atoms with Crippen molar-refractivity contribution in [1.29, 1.82) is 0 Å². The summed E-state index contributed by atoms with van der Waals surface area (Å²) in [4.78, 5) is 8.18. The van der Waals surface area contributed by atoms with Gasteiger partial charge in [-0.3, -0.25) is 0 Å². The molecule has 0 aromatic carbocycles. The Morgan fingerprint density at radius 3 is 2.82 bits per heavy atom. The summed E-state index contributed by atoms with van der Waals surface area (Å²) in [6.07, 6.45) is 3.20. The van der Waals surface area contributed by atoms with Crippen molar-refractivity contribution in [2.75, 3.05) is 5.73 Å². The average molecular weight is 234 g/mol. The molecular weight excluding hydrogens is 220 g/mol. The Labute approximate surface area is 97.7 Å². The molecule has 1 aliphatic rings. The standard InChI is InChI=1S/C11H14N4O2/c12-11-9-6(3-4-13-11)15(5-14-9)7-1-2-8(16)10(7)17/h3-5,7-8,10,16-17H,1-2H2,(H2,12,13)/t7-,8+,10-/m1/s1. The molecule has 6 nitrogen and oxygen atoms in total. The van der Waals surface area contributed by atoms with Gasteiger partial charge in [0, 0.05) is 6.20 Å². The third-order valence-corrected chi connectivity index (χ3v) is 3.42. The molecule has 0 saturated heterocycles. The zero-order chi connectivity index (χ0) is 12.0. The molecule has 90 valence electrons. The van der Waals surface area contributed by atoms with Gasteiger partial charge in [0.15, 0.2) is 5.82 Å². The van der Waals surface area contributed by atoms with Gasteiger partial charge in [-0.25, -0.2) is 9.97 Å². The normalized spacial score (nSPS) is 28.9. The second-order valence-corrected chi connectivity index (χ2v) is 4.42. The molecule has 2 heterocycles. The molecule has 0 spiro atoms. The Morgan fingerprint density at radius 2 is 2.12 bits per heavy atom. The number of hydrogen-bond acceptors (Lipinski definition) is 5. The van der Waals surface area contributed by atoms with E-state index in [0.717, 1.165) is 11.9 Å². The topological polar surface area (TPSA) is 97.2 Å². The fraction of sp³-hybridized carbons (Fsp3) is 0.455. The lowest BCUT2D eigenvalue weighted by Gasteiger charge is -2.18. The van der Waals surface area contributed by atoms with Crippen LogP contribution in [0.5, 0.6) is 0 Å². The van der Waals surface area contributed by atoms with Gasteiger partial charge in [0.2, 0.25) is 0 Å². The van der Waals surface area contributed by atoms with Crippen LogP contribution in [-0.4, -0.2) is 37.0 Å². The number of imidazole rings is 1. The summed E-state index contributed by atoms with van der Waals surface area (Å²) in [5.41, 5.74) is 7.21. The Balaban J connectivity index is 2.10. The summed E-state index contributed by atoms with van der Waals surface area (Å²) in [5, 5.41) is 19.5. The fourth-order valence-electron chi connectivity index (χ4n) is 2.49. The molecule has 1 aliphatic carbocycles. The van der Waals surface area contributed by atoms with Crippen LogP contribution in [-0.2, 0) is 0 Å². The van der Waals surface area contributed by atoms with Crippen molar-refractivity contribution in [1.82, 2.24) is 14.5 Å². The minimum atomic E-state index is -0.748. The van der Waals surface area contributed by atoms with Crippen LogP contribution < -0.4 is 5.73 Å². The summed E-state index contributed by atoms with van der Waals surface area (Å²) in [5.74, 6) is 0.384. The lowest BCUT2D eigenvalue weighted by molar-refractivity contribution is 0.0242. The molecule has 1 saturated carbocycles. The van der Waals surface area contributed by atoms with Crippen LogP contribution in [0, 0.1) is 0 Å². The summed E-state index contributed by atoms with van der Waals surface area (Å²) >= 11 is 0. The van der Waals surface area contributed by atoms with Gasteiger partial charge in [0.05, 0.1) is 24.0 Å². The second-order valence-electron chi connectivity index (χ2n) is 4.42. The molecule has 0 unspecified atom stereocenters. The molecule has 1 fully saturated rings. The summed E-state index contributed by atoms with van der Waals surface area (Å²) in [7, 11) is 0. The first kappa shape index (κ1) is 10.5. The molecule has 0 radical (unpaired) electrons. The molecule has 3 atom stereocenters. The zero-order valence-electron chi connectivity index (χ0n) is 9.19. The van der Waals surface area contributed by atoms with E-state index in [0.29, 0.717) is 17.8 Å². The van der Waals surface area contributed by atoms with Crippen LogP contribution in [0.4, 0.5) is 5.82 Å². The molecule has 0 aliphatic heterocycles. The van der Waals surface area contributed by atoms with Crippen LogP contribution >= 0.6 is 0 Å². The van der Waals surface area contributed by atoms with Crippen LogP contribution in [0.15, 0.2) is 18.6 Å². The predicted molar refractivity (Wildman–Crippen MR) is 62.2 cm³/mol. The second kappa shape index (κ2) is 3.68. The Morgan fingerprint density at radius 1 is 1.29 bits per heavy atom. The fourth-order valence-corrected chi connectivity index (χ4v) is 2.49. The number of nitrogen functional groups attached to an aromatic ring is 1. The van der Waals surface area contributed by atoms with Gasteiger partial charge in [0.25, 0.3) is 0 Å². The third kappa shape index (κ3) is 1.49. The van der Waals surface area contributed by atoms with E-state index in [1.807, 2.05) is 10.6 Å². The number of hydrogen-bond donors (Lipinski definition) is 3. The minimum absolute atomic E-state index is 0.142. The van der Waals surface area contributed by atoms with Gasteiger partial charge in [0.1, 0.15) is 11.6 Å². The highest BCUT2D eigenvalue weighted by Gasteiger charge is 2.35. The van der Waals surface area contributed by atoms with E-state index in [-0.39, 0.29) is 6.04 Å². The van der Waals surface area contributed by atoms with Crippen molar-refractivity contribution in [2.45, 2.75) is 31.1 Å². The first-order valence-corrected chi connectivity index (χ1v) is 5.61. The molecule has 4 N–H and O–H groups in total. The van der Waals surface area contributed by atoms with E-state index in [1.165, 1.54) is 0 Å². The first-order valence-electron chi connectivity index (χ1n) is 5.61.